The summed E-state index contributed by atoms with van der Waals surface area (Å²) in [4.78, 5) is 14.7. The summed E-state index contributed by atoms with van der Waals surface area (Å²) >= 11 is 0. The molecule has 16 heavy (non-hydrogen) atoms. The van der Waals surface area contributed by atoms with Gasteiger partial charge in [-0.3, -0.25) is 9.89 Å². The summed E-state index contributed by atoms with van der Waals surface area (Å²) in [6.07, 6.45) is 1.63. The summed E-state index contributed by atoms with van der Waals surface area (Å²) in [5, 5.41) is 7.64. The van der Waals surface area contributed by atoms with E-state index in [0.29, 0.717) is 5.56 Å². The lowest BCUT2D eigenvalue weighted by molar-refractivity contribution is 1.09. The smallest absolute Gasteiger partial charge is 0.257 e. The molecule has 0 radical (unpaired) electrons. The maximum atomic E-state index is 11.8. The molecule has 0 aliphatic rings. The maximum absolute atomic E-state index is 11.8. The van der Waals surface area contributed by atoms with Crippen molar-refractivity contribution < 1.29 is 0 Å². The van der Waals surface area contributed by atoms with E-state index in [9.17, 15) is 4.79 Å². The van der Waals surface area contributed by atoms with Gasteiger partial charge in [0.1, 0.15) is 0 Å². The predicted octanol–water partition coefficient (Wildman–Crippen LogP) is 1.92. The van der Waals surface area contributed by atoms with Gasteiger partial charge in [-0.15, -0.1) is 0 Å². The Labute approximate surface area is 90.9 Å². The van der Waals surface area contributed by atoms with E-state index in [-0.39, 0.29) is 5.56 Å². The third kappa shape index (κ3) is 1.32. The van der Waals surface area contributed by atoms with E-state index < -0.39 is 0 Å². The molecule has 2 heterocycles. The molecule has 0 aliphatic heterocycles. The number of pyridine rings is 1. The zero-order chi connectivity index (χ0) is 11.0. The molecule has 0 saturated heterocycles. The molecule has 0 fully saturated rings. The van der Waals surface area contributed by atoms with Gasteiger partial charge in [-0.25, -0.2) is 0 Å². The highest BCUT2D eigenvalue weighted by molar-refractivity contribution is 5.82. The van der Waals surface area contributed by atoms with Crippen molar-refractivity contribution in [2.75, 3.05) is 0 Å². The van der Waals surface area contributed by atoms with Gasteiger partial charge in [-0.2, -0.15) is 5.10 Å². The quantitative estimate of drug-likeness (QED) is 0.646. The SMILES string of the molecule is O=c1[nH]c2ccccc2cc1-c1ccn[nH]1. The van der Waals surface area contributed by atoms with E-state index in [0.717, 1.165) is 16.6 Å². The lowest BCUT2D eigenvalue weighted by atomic mass is 10.1. The van der Waals surface area contributed by atoms with E-state index in [2.05, 4.69) is 15.2 Å². The molecule has 0 spiro atoms. The normalized spacial score (nSPS) is 10.8. The fourth-order valence-corrected chi connectivity index (χ4v) is 1.75. The third-order valence-corrected chi connectivity index (χ3v) is 2.54. The summed E-state index contributed by atoms with van der Waals surface area (Å²) in [5.74, 6) is 0. The minimum Gasteiger partial charge on any atom is -0.321 e. The van der Waals surface area contributed by atoms with Gasteiger partial charge in [0.2, 0.25) is 0 Å². The molecular weight excluding hydrogens is 202 g/mol. The summed E-state index contributed by atoms with van der Waals surface area (Å²) < 4.78 is 0. The zero-order valence-corrected chi connectivity index (χ0v) is 8.40. The second kappa shape index (κ2) is 3.34. The number of fused-ring (bicyclic) bond motifs is 1. The van der Waals surface area contributed by atoms with Crippen molar-refractivity contribution in [1.29, 1.82) is 0 Å². The molecule has 3 aromatic rings. The first kappa shape index (κ1) is 8.91. The Balaban J connectivity index is 2.34. The third-order valence-electron chi connectivity index (χ3n) is 2.54. The Hall–Kier alpha value is -2.36. The minimum absolute atomic E-state index is 0.108. The van der Waals surface area contributed by atoms with Crippen LogP contribution in [-0.2, 0) is 0 Å². The van der Waals surface area contributed by atoms with E-state index in [1.54, 1.807) is 12.3 Å². The van der Waals surface area contributed by atoms with Crippen molar-refractivity contribution in [3.63, 3.8) is 0 Å². The molecule has 78 valence electrons. The van der Waals surface area contributed by atoms with Crippen LogP contribution >= 0.6 is 0 Å². The van der Waals surface area contributed by atoms with Crippen molar-refractivity contribution in [2.45, 2.75) is 0 Å². The van der Waals surface area contributed by atoms with E-state index in [1.165, 1.54) is 0 Å². The summed E-state index contributed by atoms with van der Waals surface area (Å²) in [5.41, 5.74) is 2.07. The van der Waals surface area contributed by atoms with Crippen molar-refractivity contribution in [3.8, 4) is 11.3 Å². The Bertz CT molecular complexity index is 683. The second-order valence-electron chi connectivity index (χ2n) is 3.57. The standard InChI is InChI=1S/C12H9N3O/c16-12-9(11-5-6-13-15-11)7-8-3-1-2-4-10(8)14-12/h1-7H,(H,13,15)(H,14,16). The van der Waals surface area contributed by atoms with Crippen LogP contribution in [0.4, 0.5) is 0 Å². The molecule has 2 N–H and O–H groups in total. The maximum Gasteiger partial charge on any atom is 0.257 e. The van der Waals surface area contributed by atoms with Gasteiger partial charge in [0.25, 0.3) is 5.56 Å². The van der Waals surface area contributed by atoms with Crippen LogP contribution < -0.4 is 5.56 Å². The molecule has 0 amide bonds. The van der Waals surface area contributed by atoms with Gasteiger partial charge >= 0.3 is 0 Å². The second-order valence-corrected chi connectivity index (χ2v) is 3.57. The van der Waals surface area contributed by atoms with Crippen LogP contribution in [0.5, 0.6) is 0 Å². The average Bonchev–Trinajstić information content (AvgIpc) is 2.81. The number of aromatic amines is 2. The lowest BCUT2D eigenvalue weighted by Crippen LogP contribution is -2.08. The first-order chi connectivity index (χ1) is 7.84. The molecule has 0 bridgehead atoms. The van der Waals surface area contributed by atoms with Gasteiger partial charge in [0.05, 0.1) is 11.3 Å². The Kier molecular flexibility index (Phi) is 1.86. The fourth-order valence-electron chi connectivity index (χ4n) is 1.75. The number of nitrogens with zero attached hydrogens (tertiary/aromatic N) is 1. The molecule has 4 nitrogen and oxygen atoms in total. The van der Waals surface area contributed by atoms with Gasteiger partial charge in [-0.1, -0.05) is 18.2 Å². The Morgan fingerprint density at radius 3 is 2.81 bits per heavy atom. The molecule has 3 rings (SSSR count). The topological polar surface area (TPSA) is 61.5 Å². The van der Waals surface area contributed by atoms with E-state index in [4.69, 9.17) is 0 Å². The highest BCUT2D eigenvalue weighted by Gasteiger charge is 2.05. The van der Waals surface area contributed by atoms with Crippen molar-refractivity contribution in [1.82, 2.24) is 15.2 Å². The number of para-hydroxylation sites is 1. The molecule has 0 saturated carbocycles. The Morgan fingerprint density at radius 1 is 1.12 bits per heavy atom. The molecule has 1 aromatic carbocycles. The first-order valence-corrected chi connectivity index (χ1v) is 4.96. The van der Waals surface area contributed by atoms with E-state index >= 15 is 0 Å². The minimum atomic E-state index is -0.108. The highest BCUT2D eigenvalue weighted by Crippen LogP contribution is 2.16. The van der Waals surface area contributed by atoms with E-state index in [1.807, 2.05) is 30.3 Å². The van der Waals surface area contributed by atoms with Crippen molar-refractivity contribution in [3.05, 3.63) is 52.9 Å². The van der Waals surface area contributed by atoms with Crippen LogP contribution in [0.15, 0.2) is 47.4 Å². The highest BCUT2D eigenvalue weighted by atomic mass is 16.1. The average molecular weight is 211 g/mol. The summed E-state index contributed by atoms with van der Waals surface area (Å²) in [7, 11) is 0. The van der Waals surface area contributed by atoms with Crippen molar-refractivity contribution >= 4 is 10.9 Å². The number of H-pyrrole nitrogens is 2. The van der Waals surface area contributed by atoms with Crippen LogP contribution in [-0.4, -0.2) is 15.2 Å². The van der Waals surface area contributed by atoms with Gasteiger partial charge in [0, 0.05) is 11.7 Å². The molecule has 0 atom stereocenters. The van der Waals surface area contributed by atoms with Gasteiger partial charge in [0.15, 0.2) is 0 Å². The summed E-state index contributed by atoms with van der Waals surface area (Å²) in [6.45, 7) is 0. The van der Waals surface area contributed by atoms with Crippen LogP contribution in [0.3, 0.4) is 0 Å². The number of benzene rings is 1. The Morgan fingerprint density at radius 2 is 2.00 bits per heavy atom. The number of rotatable bonds is 1. The largest absolute Gasteiger partial charge is 0.321 e. The molecular formula is C12H9N3O. The van der Waals surface area contributed by atoms with Gasteiger partial charge in [-0.05, 0) is 23.6 Å². The van der Waals surface area contributed by atoms with Crippen LogP contribution in [0, 0.1) is 0 Å². The number of hydrogen-bond acceptors (Lipinski definition) is 2. The van der Waals surface area contributed by atoms with Crippen LogP contribution in [0.2, 0.25) is 0 Å². The van der Waals surface area contributed by atoms with Crippen LogP contribution in [0.25, 0.3) is 22.2 Å². The number of nitrogens with one attached hydrogen (secondary N) is 2. The number of hydrogen-bond donors (Lipinski definition) is 2. The molecule has 2 aromatic heterocycles. The lowest BCUT2D eigenvalue weighted by Gasteiger charge is -2.00. The van der Waals surface area contributed by atoms with Crippen LogP contribution in [0.1, 0.15) is 0 Å². The summed E-state index contributed by atoms with van der Waals surface area (Å²) in [6, 6.07) is 11.3. The predicted molar refractivity (Wildman–Crippen MR) is 62.2 cm³/mol. The molecule has 0 unspecified atom stereocenters. The van der Waals surface area contributed by atoms with Gasteiger partial charge < -0.3 is 4.98 Å². The monoisotopic (exact) mass is 211 g/mol. The molecule has 4 heteroatoms. The molecule has 0 aliphatic carbocycles. The zero-order valence-electron chi connectivity index (χ0n) is 8.40. The van der Waals surface area contributed by atoms with Crippen molar-refractivity contribution in [2.24, 2.45) is 0 Å². The first-order valence-electron chi connectivity index (χ1n) is 4.96. The number of aromatic nitrogens is 3. The fraction of sp³-hybridized carbons (Fsp3) is 0.